The van der Waals surface area contributed by atoms with Crippen LogP contribution in [0.2, 0.25) is 0 Å². The SMILES string of the molecule is CCn1c2ccccc2c2cc(N3C(N)=C(C#N)C(c4ccc(Br)cc4)C(C(=O)OC)=C3C(=O)OC)ccc21. The van der Waals surface area contributed by atoms with Gasteiger partial charge in [0.05, 0.1) is 37.4 Å². The fraction of sp³-hybridized carbons (Fsp3) is 0.167. The summed E-state index contributed by atoms with van der Waals surface area (Å²) in [5, 5.41) is 12.3. The fourth-order valence-electron chi connectivity index (χ4n) is 5.31. The molecular formula is C30H25BrN4O4. The molecule has 2 heterocycles. The van der Waals surface area contributed by atoms with Crippen LogP contribution in [0.4, 0.5) is 5.69 Å². The van der Waals surface area contributed by atoms with E-state index in [4.69, 9.17) is 15.2 Å². The maximum absolute atomic E-state index is 13.4. The van der Waals surface area contributed by atoms with Crippen LogP contribution in [0.3, 0.4) is 0 Å². The van der Waals surface area contributed by atoms with Crippen LogP contribution in [-0.2, 0) is 25.6 Å². The summed E-state index contributed by atoms with van der Waals surface area (Å²) in [6.45, 7) is 2.84. The van der Waals surface area contributed by atoms with Gasteiger partial charge >= 0.3 is 11.9 Å². The zero-order valence-corrected chi connectivity index (χ0v) is 23.2. The molecule has 3 aromatic carbocycles. The number of benzene rings is 3. The van der Waals surface area contributed by atoms with Gasteiger partial charge in [-0.25, -0.2) is 9.59 Å². The molecule has 1 atom stereocenters. The molecule has 196 valence electrons. The number of halogens is 1. The van der Waals surface area contributed by atoms with Crippen LogP contribution in [0.15, 0.2) is 93.9 Å². The van der Waals surface area contributed by atoms with Crippen LogP contribution in [0.1, 0.15) is 18.4 Å². The lowest BCUT2D eigenvalue weighted by Crippen LogP contribution is -2.40. The number of ether oxygens (including phenoxy) is 2. The molecule has 0 aliphatic carbocycles. The van der Waals surface area contributed by atoms with Gasteiger partial charge in [-0.05, 0) is 48.9 Å². The molecule has 9 heteroatoms. The average Bonchev–Trinajstić information content (AvgIpc) is 3.29. The summed E-state index contributed by atoms with van der Waals surface area (Å²) >= 11 is 3.41. The van der Waals surface area contributed by atoms with Crippen molar-refractivity contribution in [3.05, 3.63) is 99.4 Å². The third-order valence-electron chi connectivity index (χ3n) is 7.01. The third-order valence-corrected chi connectivity index (χ3v) is 7.54. The Hall–Kier alpha value is -4.55. The van der Waals surface area contributed by atoms with Crippen LogP contribution in [0.25, 0.3) is 21.8 Å². The highest BCUT2D eigenvalue weighted by Gasteiger charge is 2.43. The van der Waals surface area contributed by atoms with Crippen LogP contribution in [0.5, 0.6) is 0 Å². The van der Waals surface area contributed by atoms with E-state index in [9.17, 15) is 14.9 Å². The molecule has 0 bridgehead atoms. The summed E-state index contributed by atoms with van der Waals surface area (Å²) in [6, 6.07) is 23.0. The van der Waals surface area contributed by atoms with E-state index >= 15 is 0 Å². The monoisotopic (exact) mass is 584 g/mol. The number of fused-ring (bicyclic) bond motifs is 3. The molecule has 0 fully saturated rings. The standard InChI is InChI=1S/C30H25BrN4O4/c1-4-34-23-8-6-5-7-20(23)21-15-19(13-14-24(21)34)35-27(30(37)39-3)26(29(36)38-2)25(22(16-32)28(35)33)17-9-11-18(31)12-10-17/h5-15,25H,4,33H2,1-3H3. The van der Waals surface area contributed by atoms with Gasteiger partial charge in [0.25, 0.3) is 0 Å². The predicted molar refractivity (Wildman–Crippen MR) is 152 cm³/mol. The highest BCUT2D eigenvalue weighted by atomic mass is 79.9. The van der Waals surface area contributed by atoms with Gasteiger partial charge in [-0.3, -0.25) is 4.90 Å². The van der Waals surface area contributed by atoms with Gasteiger partial charge in [-0.2, -0.15) is 5.26 Å². The van der Waals surface area contributed by atoms with Gasteiger partial charge in [0.15, 0.2) is 0 Å². The molecule has 0 amide bonds. The minimum absolute atomic E-state index is 0.0250. The Balaban J connectivity index is 1.84. The van der Waals surface area contributed by atoms with Crippen molar-refractivity contribution < 1.29 is 19.1 Å². The number of anilines is 1. The number of nitriles is 1. The van der Waals surface area contributed by atoms with Crippen LogP contribution in [0, 0.1) is 11.3 Å². The van der Waals surface area contributed by atoms with Crippen molar-refractivity contribution in [3.8, 4) is 6.07 Å². The van der Waals surface area contributed by atoms with Gasteiger partial charge in [-0.15, -0.1) is 0 Å². The van der Waals surface area contributed by atoms with E-state index in [-0.39, 0.29) is 22.7 Å². The van der Waals surface area contributed by atoms with Crippen molar-refractivity contribution in [2.45, 2.75) is 19.4 Å². The third kappa shape index (κ3) is 4.14. The molecule has 4 aromatic rings. The lowest BCUT2D eigenvalue weighted by molar-refractivity contribution is -0.139. The van der Waals surface area contributed by atoms with Crippen molar-refractivity contribution in [2.75, 3.05) is 19.1 Å². The summed E-state index contributed by atoms with van der Waals surface area (Å²) in [5.74, 6) is -2.46. The van der Waals surface area contributed by atoms with E-state index in [0.717, 1.165) is 32.8 Å². The molecule has 0 radical (unpaired) electrons. The molecule has 5 rings (SSSR count). The van der Waals surface area contributed by atoms with Crippen molar-refractivity contribution in [3.63, 3.8) is 0 Å². The van der Waals surface area contributed by atoms with Gasteiger partial charge < -0.3 is 19.8 Å². The van der Waals surface area contributed by atoms with Crippen LogP contribution >= 0.6 is 15.9 Å². The first-order chi connectivity index (χ1) is 18.9. The normalized spacial score (nSPS) is 15.6. The molecule has 0 saturated carbocycles. The molecule has 2 N–H and O–H groups in total. The largest absolute Gasteiger partial charge is 0.466 e. The fourth-order valence-corrected chi connectivity index (χ4v) is 5.58. The number of hydrogen-bond donors (Lipinski definition) is 1. The first-order valence-electron chi connectivity index (χ1n) is 12.2. The highest BCUT2D eigenvalue weighted by Crippen LogP contribution is 2.44. The number of carbonyl (C=O) groups excluding carboxylic acids is 2. The van der Waals surface area contributed by atoms with E-state index < -0.39 is 17.9 Å². The van der Waals surface area contributed by atoms with E-state index in [1.165, 1.54) is 19.1 Å². The lowest BCUT2D eigenvalue weighted by atomic mass is 9.81. The first kappa shape index (κ1) is 26.1. The highest BCUT2D eigenvalue weighted by molar-refractivity contribution is 9.10. The van der Waals surface area contributed by atoms with E-state index in [0.29, 0.717) is 11.3 Å². The smallest absolute Gasteiger partial charge is 0.355 e. The maximum Gasteiger partial charge on any atom is 0.355 e. The number of esters is 2. The summed E-state index contributed by atoms with van der Waals surface area (Å²) in [6.07, 6.45) is 0. The van der Waals surface area contributed by atoms with Crippen LogP contribution < -0.4 is 10.6 Å². The molecule has 1 aliphatic rings. The second-order valence-corrected chi connectivity index (χ2v) is 9.85. The zero-order valence-electron chi connectivity index (χ0n) is 21.6. The van der Waals surface area contributed by atoms with E-state index in [2.05, 4.69) is 39.6 Å². The second kappa shape index (κ2) is 10.3. The number of aromatic nitrogens is 1. The Morgan fingerprint density at radius 1 is 0.974 bits per heavy atom. The van der Waals surface area contributed by atoms with Gasteiger partial charge in [0, 0.05) is 38.5 Å². The number of hydrogen-bond acceptors (Lipinski definition) is 7. The molecular weight excluding hydrogens is 560 g/mol. The Labute approximate surface area is 233 Å². The van der Waals surface area contributed by atoms with Crippen LogP contribution in [-0.4, -0.2) is 30.7 Å². The summed E-state index contributed by atoms with van der Waals surface area (Å²) in [4.78, 5) is 28.1. The number of para-hydroxylation sites is 1. The predicted octanol–water partition coefficient (Wildman–Crippen LogP) is 5.47. The summed E-state index contributed by atoms with van der Waals surface area (Å²) in [7, 11) is 2.46. The molecule has 1 aliphatic heterocycles. The van der Waals surface area contributed by atoms with E-state index in [1.54, 1.807) is 24.3 Å². The Bertz CT molecular complexity index is 1740. The number of carbonyl (C=O) groups is 2. The number of nitrogens with two attached hydrogens (primary N) is 1. The van der Waals surface area contributed by atoms with Crippen molar-refractivity contribution in [1.29, 1.82) is 5.26 Å². The Morgan fingerprint density at radius 2 is 1.64 bits per heavy atom. The van der Waals surface area contributed by atoms with Gasteiger partial charge in [-0.1, -0.05) is 46.3 Å². The molecule has 39 heavy (non-hydrogen) atoms. The zero-order chi connectivity index (χ0) is 27.8. The minimum atomic E-state index is -0.938. The maximum atomic E-state index is 13.4. The second-order valence-electron chi connectivity index (χ2n) is 8.94. The topological polar surface area (TPSA) is 111 Å². The molecule has 1 unspecified atom stereocenters. The molecule has 1 aromatic heterocycles. The number of methoxy groups -OCH3 is 2. The summed E-state index contributed by atoms with van der Waals surface area (Å²) in [5.41, 5.74) is 9.82. The number of aryl methyl sites for hydroxylation is 1. The van der Waals surface area contributed by atoms with Crippen molar-refractivity contribution >= 4 is 55.4 Å². The average molecular weight is 585 g/mol. The first-order valence-corrected chi connectivity index (χ1v) is 13.0. The molecule has 0 spiro atoms. The number of rotatable bonds is 5. The lowest BCUT2D eigenvalue weighted by Gasteiger charge is -2.36. The van der Waals surface area contributed by atoms with Crippen molar-refractivity contribution in [2.24, 2.45) is 5.73 Å². The Morgan fingerprint density at radius 3 is 2.28 bits per heavy atom. The van der Waals surface area contributed by atoms with Gasteiger partial charge in [0.1, 0.15) is 11.5 Å². The summed E-state index contributed by atoms with van der Waals surface area (Å²) < 4.78 is 13.3. The molecule has 0 saturated heterocycles. The number of allylic oxidation sites excluding steroid dienone is 1. The molecule has 8 nitrogen and oxygen atoms in total. The van der Waals surface area contributed by atoms with E-state index in [1.807, 2.05) is 36.4 Å². The quantitative estimate of drug-likeness (QED) is 0.309. The van der Waals surface area contributed by atoms with Crippen molar-refractivity contribution in [1.82, 2.24) is 4.57 Å². The number of nitrogens with zero attached hydrogens (tertiary/aromatic N) is 3. The Kier molecular flexibility index (Phi) is 6.89. The van der Waals surface area contributed by atoms with Gasteiger partial charge in [0.2, 0.25) is 0 Å². The minimum Gasteiger partial charge on any atom is -0.466 e.